The molecule has 24 heavy (non-hydrogen) atoms. The molecule has 1 unspecified atom stereocenters. The topological polar surface area (TPSA) is 82.8 Å². The molecule has 0 saturated carbocycles. The number of oxime groups is 1. The molecule has 1 aliphatic heterocycles. The fraction of sp³-hybridized carbons (Fsp3) is 0.667. The summed E-state index contributed by atoms with van der Waals surface area (Å²) < 4.78 is 83.7. The number of methoxy groups -OCH3 is 1. The van der Waals surface area contributed by atoms with Crippen LogP contribution in [0.1, 0.15) is 25.1 Å². The molecule has 0 spiro atoms. The predicted octanol–water partition coefficient (Wildman–Crippen LogP) is 1.82. The van der Waals surface area contributed by atoms with Crippen molar-refractivity contribution in [2.75, 3.05) is 7.11 Å². The first-order valence-electron chi connectivity index (χ1n) is 6.61. The maximum atomic E-state index is 14.2. The molecule has 2 heterocycles. The molecule has 1 atom stereocenters. The van der Waals surface area contributed by atoms with E-state index in [1.165, 1.54) is 20.9 Å². The van der Waals surface area contributed by atoms with Crippen molar-refractivity contribution in [2.24, 2.45) is 12.2 Å². The zero-order valence-corrected chi connectivity index (χ0v) is 14.0. The minimum absolute atomic E-state index is 0.389. The van der Waals surface area contributed by atoms with Crippen molar-refractivity contribution in [3.8, 4) is 5.88 Å². The molecule has 0 aromatic carbocycles. The second-order valence-electron chi connectivity index (χ2n) is 5.70. The van der Waals surface area contributed by atoms with Crippen LogP contribution < -0.4 is 4.74 Å². The molecule has 0 fully saturated rings. The van der Waals surface area contributed by atoms with Crippen molar-refractivity contribution in [3.05, 3.63) is 11.3 Å². The first-order valence-corrected chi connectivity index (χ1v) is 8.26. The van der Waals surface area contributed by atoms with Gasteiger partial charge in [0.15, 0.2) is 17.5 Å². The van der Waals surface area contributed by atoms with E-state index in [4.69, 9.17) is 9.57 Å². The van der Waals surface area contributed by atoms with Crippen molar-refractivity contribution in [1.82, 2.24) is 9.78 Å². The third kappa shape index (κ3) is 3.06. The first-order chi connectivity index (χ1) is 10.8. The maximum Gasteiger partial charge on any atom is 0.435 e. The molecule has 1 aromatic rings. The normalized spacial score (nSPS) is 20.7. The second-order valence-corrected chi connectivity index (χ2v) is 7.64. The Labute approximate surface area is 135 Å². The summed E-state index contributed by atoms with van der Waals surface area (Å²) in [6.07, 6.45) is -7.00. The van der Waals surface area contributed by atoms with Gasteiger partial charge < -0.3 is 9.57 Å². The highest BCUT2D eigenvalue weighted by atomic mass is 32.2. The van der Waals surface area contributed by atoms with Crippen LogP contribution in [0, 0.1) is 0 Å². The van der Waals surface area contributed by atoms with Crippen LogP contribution in [0.15, 0.2) is 5.16 Å². The van der Waals surface area contributed by atoms with Crippen molar-refractivity contribution >= 4 is 14.9 Å². The Morgan fingerprint density at radius 1 is 1.38 bits per heavy atom. The Morgan fingerprint density at radius 2 is 1.96 bits per heavy atom. The molecule has 2 rings (SSSR count). The summed E-state index contributed by atoms with van der Waals surface area (Å²) in [6, 6.07) is 0. The van der Waals surface area contributed by atoms with Crippen LogP contribution in [-0.4, -0.2) is 42.1 Å². The number of rotatable bonds is 3. The summed E-state index contributed by atoms with van der Waals surface area (Å²) in [6.45, 7) is 2.55. The average molecular weight is 373 g/mol. The molecular weight excluding hydrogens is 358 g/mol. The van der Waals surface area contributed by atoms with E-state index in [9.17, 15) is 26.0 Å². The Bertz CT molecular complexity index is 783. The minimum Gasteiger partial charge on any atom is -0.481 e. The number of nitrogens with zero attached hydrogens (tertiary/aromatic N) is 3. The monoisotopic (exact) mass is 373 g/mol. The smallest absolute Gasteiger partial charge is 0.435 e. The zero-order chi connectivity index (χ0) is 18.5. The number of hydrogen-bond acceptors (Lipinski definition) is 6. The van der Waals surface area contributed by atoms with E-state index in [2.05, 4.69) is 10.3 Å². The molecule has 1 aromatic heterocycles. The molecule has 0 bridgehead atoms. The summed E-state index contributed by atoms with van der Waals surface area (Å²) in [5.41, 5.74) is -3.65. The highest BCUT2D eigenvalue weighted by molar-refractivity contribution is 8.05. The minimum atomic E-state index is -4.90. The van der Waals surface area contributed by atoms with Gasteiger partial charge in [0.1, 0.15) is 0 Å². The van der Waals surface area contributed by atoms with Gasteiger partial charge in [0.25, 0.3) is 0 Å². The van der Waals surface area contributed by atoms with Crippen molar-refractivity contribution in [2.45, 2.75) is 37.5 Å². The lowest BCUT2D eigenvalue weighted by Crippen LogP contribution is -2.37. The largest absolute Gasteiger partial charge is 0.481 e. The van der Waals surface area contributed by atoms with Gasteiger partial charge >= 0.3 is 6.18 Å². The lowest BCUT2D eigenvalue weighted by atomic mass is 10.1. The van der Waals surface area contributed by atoms with E-state index in [1.807, 2.05) is 0 Å². The van der Waals surface area contributed by atoms with Crippen LogP contribution in [0.5, 0.6) is 5.88 Å². The number of aryl methyl sites for hydroxylation is 1. The van der Waals surface area contributed by atoms with E-state index in [0.717, 1.165) is 11.8 Å². The first kappa shape index (κ1) is 18.5. The lowest BCUT2D eigenvalue weighted by molar-refractivity contribution is -0.141. The number of aromatic nitrogens is 2. The Hall–Kier alpha value is -1.85. The van der Waals surface area contributed by atoms with E-state index < -0.39 is 49.8 Å². The lowest BCUT2D eigenvalue weighted by Gasteiger charge is -2.18. The van der Waals surface area contributed by atoms with Crippen LogP contribution in [0.4, 0.5) is 17.6 Å². The number of hydrogen-bond donors (Lipinski definition) is 0. The van der Waals surface area contributed by atoms with Gasteiger partial charge in [-0.05, 0) is 13.8 Å². The van der Waals surface area contributed by atoms with E-state index in [0.29, 0.717) is 0 Å². The molecule has 0 aliphatic carbocycles. The summed E-state index contributed by atoms with van der Waals surface area (Å²) in [5, 5.41) is 5.49. The maximum absolute atomic E-state index is 14.2. The molecule has 12 heteroatoms. The van der Waals surface area contributed by atoms with Gasteiger partial charge in [0, 0.05) is 7.05 Å². The SMILES string of the molecule is COc1c(CS(=O)(=O)C2=NOC(C)(C)C2F)c(C(F)(F)F)nn1C. The molecule has 0 radical (unpaired) electrons. The summed E-state index contributed by atoms with van der Waals surface area (Å²) in [5.74, 6) is -1.56. The summed E-state index contributed by atoms with van der Waals surface area (Å²) in [4.78, 5) is 4.71. The van der Waals surface area contributed by atoms with Crippen LogP contribution >= 0.6 is 0 Å². The zero-order valence-electron chi connectivity index (χ0n) is 13.2. The van der Waals surface area contributed by atoms with Gasteiger partial charge in [0.2, 0.25) is 20.8 Å². The molecule has 1 aliphatic rings. The number of sulfone groups is 1. The molecule has 0 amide bonds. The van der Waals surface area contributed by atoms with Crippen LogP contribution in [0.3, 0.4) is 0 Å². The Balaban J connectivity index is 2.48. The molecular formula is C12H15F4N3O4S. The Kier molecular flexibility index (Phi) is 4.32. The number of alkyl halides is 4. The molecule has 0 N–H and O–H groups in total. The third-order valence-corrected chi connectivity index (χ3v) is 4.99. The van der Waals surface area contributed by atoms with Gasteiger partial charge in [-0.3, -0.25) is 0 Å². The van der Waals surface area contributed by atoms with Gasteiger partial charge in [-0.2, -0.15) is 18.3 Å². The van der Waals surface area contributed by atoms with E-state index in [1.54, 1.807) is 0 Å². The van der Waals surface area contributed by atoms with Crippen molar-refractivity contribution < 1.29 is 35.6 Å². The summed E-state index contributed by atoms with van der Waals surface area (Å²) >= 11 is 0. The van der Waals surface area contributed by atoms with Crippen LogP contribution in [-0.2, 0) is 33.7 Å². The fourth-order valence-electron chi connectivity index (χ4n) is 2.20. The van der Waals surface area contributed by atoms with Gasteiger partial charge in [-0.25, -0.2) is 17.5 Å². The quantitative estimate of drug-likeness (QED) is 0.755. The van der Waals surface area contributed by atoms with Crippen LogP contribution in [0.25, 0.3) is 0 Å². The van der Waals surface area contributed by atoms with E-state index >= 15 is 0 Å². The predicted molar refractivity (Wildman–Crippen MR) is 74.9 cm³/mol. The van der Waals surface area contributed by atoms with Gasteiger partial charge in [-0.1, -0.05) is 5.16 Å². The van der Waals surface area contributed by atoms with Gasteiger partial charge in [0.05, 0.1) is 18.4 Å². The Morgan fingerprint density at radius 3 is 2.38 bits per heavy atom. The third-order valence-electron chi connectivity index (χ3n) is 3.40. The summed E-state index contributed by atoms with van der Waals surface area (Å²) in [7, 11) is -2.28. The second kappa shape index (κ2) is 5.60. The molecule has 136 valence electrons. The average Bonchev–Trinajstić information content (AvgIpc) is 2.87. The highest BCUT2D eigenvalue weighted by Crippen LogP contribution is 2.37. The highest BCUT2D eigenvalue weighted by Gasteiger charge is 2.49. The van der Waals surface area contributed by atoms with Gasteiger partial charge in [-0.15, -0.1) is 0 Å². The fourth-order valence-corrected chi connectivity index (χ4v) is 3.73. The van der Waals surface area contributed by atoms with E-state index in [-0.39, 0.29) is 5.88 Å². The number of halogens is 4. The van der Waals surface area contributed by atoms with Crippen LogP contribution in [0.2, 0.25) is 0 Å². The van der Waals surface area contributed by atoms with Crippen molar-refractivity contribution in [1.29, 1.82) is 0 Å². The molecule has 7 nitrogen and oxygen atoms in total. The van der Waals surface area contributed by atoms with Crippen molar-refractivity contribution in [3.63, 3.8) is 0 Å². The standard InChI is InChI=1S/C12H15F4N3O4S/c1-11(2)7(13)9(18-23-11)24(20,21)5-6-8(12(14,15)16)17-19(3)10(6)22-4/h7H,5H2,1-4H3. The molecule has 0 saturated heterocycles. The number of ether oxygens (including phenoxy) is 1.